The third-order valence-electron chi connectivity index (χ3n) is 5.40. The first-order valence-corrected chi connectivity index (χ1v) is 9.94. The number of hydrogen-bond acceptors (Lipinski definition) is 4. The van der Waals surface area contributed by atoms with Gasteiger partial charge in [0, 0.05) is 18.6 Å². The monoisotopic (exact) mass is 379 g/mol. The molecule has 2 aromatic rings. The summed E-state index contributed by atoms with van der Waals surface area (Å²) in [7, 11) is 0. The van der Waals surface area contributed by atoms with Crippen LogP contribution in [0, 0.1) is 5.41 Å². The molecule has 1 aliphatic rings. The van der Waals surface area contributed by atoms with Crippen molar-refractivity contribution in [3.63, 3.8) is 0 Å². The number of fused-ring (bicyclic) bond motifs is 1. The molecule has 148 valence electrons. The molecule has 1 unspecified atom stereocenters. The third kappa shape index (κ3) is 4.33. The maximum atomic E-state index is 12.9. The predicted octanol–water partition coefficient (Wildman–Crippen LogP) is 4.80. The lowest BCUT2D eigenvalue weighted by Crippen LogP contribution is -2.34. The molecule has 2 aromatic carbocycles. The van der Waals surface area contributed by atoms with Gasteiger partial charge >= 0.3 is 0 Å². The van der Waals surface area contributed by atoms with Gasteiger partial charge in [0.25, 0.3) is 0 Å². The average molecular weight is 380 g/mol. The summed E-state index contributed by atoms with van der Waals surface area (Å²) in [5, 5.41) is 22.7. The number of aliphatic hydroxyl groups is 2. The van der Waals surface area contributed by atoms with Crippen LogP contribution in [-0.2, 0) is 11.2 Å². The Bertz CT molecular complexity index is 931. The summed E-state index contributed by atoms with van der Waals surface area (Å²) in [5.41, 5.74) is 1.75. The highest BCUT2D eigenvalue weighted by molar-refractivity contribution is 6.24. The Balaban J connectivity index is 2.05. The molecule has 28 heavy (non-hydrogen) atoms. The summed E-state index contributed by atoms with van der Waals surface area (Å²) in [4.78, 5) is 17.6. The van der Waals surface area contributed by atoms with Crippen LogP contribution in [0.1, 0.15) is 45.6 Å². The van der Waals surface area contributed by atoms with Crippen molar-refractivity contribution in [2.45, 2.75) is 52.5 Å². The molecule has 0 bridgehead atoms. The van der Waals surface area contributed by atoms with Gasteiger partial charge in [-0.3, -0.25) is 9.79 Å². The van der Waals surface area contributed by atoms with Gasteiger partial charge in [0.2, 0.25) is 0 Å². The lowest BCUT2D eigenvalue weighted by Gasteiger charge is -2.32. The van der Waals surface area contributed by atoms with Crippen molar-refractivity contribution in [2.75, 3.05) is 6.61 Å². The van der Waals surface area contributed by atoms with Crippen molar-refractivity contribution in [3.05, 3.63) is 59.4 Å². The number of rotatable bonds is 5. The molecular weight excluding hydrogens is 350 g/mol. The second kappa shape index (κ2) is 8.27. The minimum absolute atomic E-state index is 0.0635. The number of carbonyl (C=O) groups excluding carboxylic acids is 1. The maximum Gasteiger partial charge on any atom is 0.168 e. The van der Waals surface area contributed by atoms with Crippen molar-refractivity contribution in [2.24, 2.45) is 10.4 Å². The Morgan fingerprint density at radius 3 is 2.57 bits per heavy atom. The summed E-state index contributed by atoms with van der Waals surface area (Å²) in [6.07, 6.45) is 1.98. The number of benzene rings is 2. The molecule has 1 saturated carbocycles. The maximum absolute atomic E-state index is 12.9. The molecule has 0 aromatic heterocycles. The number of aliphatic hydroxyl groups excluding tert-OH is 2. The molecule has 0 saturated heterocycles. The van der Waals surface area contributed by atoms with Gasteiger partial charge in [-0.05, 0) is 34.6 Å². The predicted molar refractivity (Wildman–Crippen MR) is 114 cm³/mol. The van der Waals surface area contributed by atoms with Gasteiger partial charge in [-0.15, -0.1) is 0 Å². The average Bonchev–Trinajstić information content (AvgIpc) is 2.65. The zero-order valence-electron chi connectivity index (χ0n) is 16.9. The number of ketones is 1. The molecule has 0 amide bonds. The van der Waals surface area contributed by atoms with Crippen LogP contribution in [0.25, 0.3) is 10.8 Å². The van der Waals surface area contributed by atoms with E-state index >= 15 is 0 Å². The fourth-order valence-corrected chi connectivity index (χ4v) is 3.92. The first-order valence-electron chi connectivity index (χ1n) is 9.94. The molecule has 0 spiro atoms. The van der Waals surface area contributed by atoms with Gasteiger partial charge in [-0.1, -0.05) is 63.2 Å². The Morgan fingerprint density at radius 2 is 1.86 bits per heavy atom. The van der Waals surface area contributed by atoms with Crippen LogP contribution < -0.4 is 0 Å². The van der Waals surface area contributed by atoms with Crippen LogP contribution in [-0.4, -0.2) is 34.4 Å². The Hall–Kier alpha value is -2.46. The van der Waals surface area contributed by atoms with Crippen LogP contribution in [0.3, 0.4) is 0 Å². The number of nitrogens with zero attached hydrogens (tertiary/aromatic N) is 1. The second-order valence-electron chi connectivity index (χ2n) is 8.40. The quantitative estimate of drug-likeness (QED) is 0.579. The Labute approximate surface area is 166 Å². The van der Waals surface area contributed by atoms with Gasteiger partial charge in [0.05, 0.1) is 18.2 Å². The smallest absolute Gasteiger partial charge is 0.168 e. The largest absolute Gasteiger partial charge is 0.511 e. The van der Waals surface area contributed by atoms with Crippen LogP contribution in [0.4, 0.5) is 0 Å². The number of carbonyl (C=O) groups is 1. The summed E-state index contributed by atoms with van der Waals surface area (Å²) in [6.45, 7) is 5.98. The molecule has 0 heterocycles. The number of Topliss-reactive ketones (excluding diaryl/α,β-unsaturated/α-hetero) is 1. The van der Waals surface area contributed by atoms with E-state index in [1.807, 2.05) is 63.2 Å². The fraction of sp³-hybridized carbons (Fsp3) is 0.417. The van der Waals surface area contributed by atoms with Crippen LogP contribution in [0.5, 0.6) is 0 Å². The first-order chi connectivity index (χ1) is 13.3. The summed E-state index contributed by atoms with van der Waals surface area (Å²) in [6, 6.07) is 13.8. The van der Waals surface area contributed by atoms with E-state index in [4.69, 9.17) is 0 Å². The fourth-order valence-electron chi connectivity index (χ4n) is 3.92. The van der Waals surface area contributed by atoms with E-state index in [1.165, 1.54) is 0 Å². The second-order valence-corrected chi connectivity index (χ2v) is 8.40. The van der Waals surface area contributed by atoms with Crippen LogP contribution in [0.15, 0.2) is 58.8 Å². The Morgan fingerprint density at radius 1 is 1.14 bits per heavy atom. The molecule has 0 aliphatic heterocycles. The van der Waals surface area contributed by atoms with Crippen molar-refractivity contribution >= 4 is 22.3 Å². The SMILES string of the molecule is CCC(CO)N=C1CC(C)(C)CC(=O)C1=C(O)Cc1cccc2ccccc12. The molecule has 3 rings (SSSR count). The normalized spacial score (nSPS) is 21.1. The molecule has 2 N–H and O–H groups in total. The highest BCUT2D eigenvalue weighted by atomic mass is 16.3. The van der Waals surface area contributed by atoms with Crippen LogP contribution >= 0.6 is 0 Å². The number of allylic oxidation sites excluding steroid dienone is 2. The van der Waals surface area contributed by atoms with E-state index in [0.717, 1.165) is 16.3 Å². The van der Waals surface area contributed by atoms with Gasteiger partial charge in [0.1, 0.15) is 5.76 Å². The van der Waals surface area contributed by atoms with Gasteiger partial charge < -0.3 is 10.2 Å². The zero-order chi connectivity index (χ0) is 20.3. The summed E-state index contributed by atoms with van der Waals surface area (Å²) >= 11 is 0. The van der Waals surface area contributed by atoms with Crippen molar-refractivity contribution < 1.29 is 15.0 Å². The van der Waals surface area contributed by atoms with Crippen molar-refractivity contribution in [3.8, 4) is 0 Å². The van der Waals surface area contributed by atoms with Gasteiger partial charge in [-0.25, -0.2) is 0 Å². The standard InChI is InChI=1S/C24H29NO3/c1-4-18(15-26)25-20-13-24(2,3)14-22(28)23(20)21(27)12-17-10-7-9-16-8-5-6-11-19(16)17/h5-11,18,26-27H,4,12-15H2,1-3H3. The topological polar surface area (TPSA) is 69.9 Å². The lowest BCUT2D eigenvalue weighted by molar-refractivity contribution is -0.117. The molecule has 1 aliphatic carbocycles. The minimum Gasteiger partial charge on any atom is -0.511 e. The summed E-state index contributed by atoms with van der Waals surface area (Å²) < 4.78 is 0. The van der Waals surface area contributed by atoms with Crippen LogP contribution in [0.2, 0.25) is 0 Å². The van der Waals surface area contributed by atoms with Crippen molar-refractivity contribution in [1.82, 2.24) is 0 Å². The third-order valence-corrected chi connectivity index (χ3v) is 5.40. The van der Waals surface area contributed by atoms with E-state index in [2.05, 4.69) is 4.99 Å². The summed E-state index contributed by atoms with van der Waals surface area (Å²) in [5.74, 6) is 0.00363. The Kier molecular flexibility index (Phi) is 5.99. The molecule has 4 heteroatoms. The van der Waals surface area contributed by atoms with Crippen molar-refractivity contribution in [1.29, 1.82) is 0 Å². The van der Waals surface area contributed by atoms with E-state index in [-0.39, 0.29) is 36.0 Å². The number of hydrogen-bond donors (Lipinski definition) is 2. The lowest BCUT2D eigenvalue weighted by atomic mass is 9.73. The molecular formula is C24H29NO3. The van der Waals surface area contributed by atoms with E-state index < -0.39 is 0 Å². The molecule has 1 fully saturated rings. The van der Waals surface area contributed by atoms with E-state index in [1.54, 1.807) is 0 Å². The van der Waals surface area contributed by atoms with E-state index in [0.29, 0.717) is 30.5 Å². The zero-order valence-corrected chi connectivity index (χ0v) is 16.9. The van der Waals surface area contributed by atoms with Gasteiger partial charge in [-0.2, -0.15) is 0 Å². The highest BCUT2D eigenvalue weighted by Gasteiger charge is 2.36. The molecule has 1 atom stereocenters. The van der Waals surface area contributed by atoms with Gasteiger partial charge in [0.15, 0.2) is 5.78 Å². The first kappa shape index (κ1) is 20.3. The highest BCUT2D eigenvalue weighted by Crippen LogP contribution is 2.36. The molecule has 4 nitrogen and oxygen atoms in total. The van der Waals surface area contributed by atoms with E-state index in [9.17, 15) is 15.0 Å². The minimum atomic E-state index is -0.253. The molecule has 0 radical (unpaired) electrons. The number of aliphatic imine (C=N–C) groups is 1.